The second-order valence-electron chi connectivity index (χ2n) is 5.20. The molecule has 2 aliphatic rings. The SMILES string of the molecule is C[C@]12CCN[C@@]1(C)c1ccccc1C2. The Kier molecular flexibility index (Phi) is 1.46. The van der Waals surface area contributed by atoms with Gasteiger partial charge in [0.25, 0.3) is 0 Å². The van der Waals surface area contributed by atoms with E-state index in [0.29, 0.717) is 5.41 Å². The van der Waals surface area contributed by atoms with Crippen LogP contribution in [0.5, 0.6) is 0 Å². The van der Waals surface area contributed by atoms with Crippen LogP contribution in [-0.2, 0) is 12.0 Å². The van der Waals surface area contributed by atoms with Crippen LogP contribution >= 0.6 is 0 Å². The van der Waals surface area contributed by atoms with Gasteiger partial charge in [-0.1, -0.05) is 31.2 Å². The van der Waals surface area contributed by atoms with Gasteiger partial charge < -0.3 is 5.32 Å². The summed E-state index contributed by atoms with van der Waals surface area (Å²) in [6, 6.07) is 8.90. The van der Waals surface area contributed by atoms with Crippen LogP contribution in [0, 0.1) is 5.41 Å². The molecule has 0 radical (unpaired) electrons. The highest BCUT2D eigenvalue weighted by Crippen LogP contribution is 2.54. The van der Waals surface area contributed by atoms with Gasteiger partial charge in [-0.3, -0.25) is 0 Å². The highest BCUT2D eigenvalue weighted by Gasteiger charge is 2.54. The van der Waals surface area contributed by atoms with Crippen molar-refractivity contribution in [2.45, 2.75) is 32.2 Å². The number of rotatable bonds is 0. The Balaban J connectivity index is 2.22. The summed E-state index contributed by atoms with van der Waals surface area (Å²) < 4.78 is 0. The molecule has 1 fully saturated rings. The molecule has 0 aromatic heterocycles. The smallest absolute Gasteiger partial charge is 0.0466 e. The fraction of sp³-hybridized carbons (Fsp3) is 0.538. The zero-order valence-corrected chi connectivity index (χ0v) is 8.93. The van der Waals surface area contributed by atoms with E-state index < -0.39 is 0 Å². The highest BCUT2D eigenvalue weighted by molar-refractivity contribution is 5.43. The highest BCUT2D eigenvalue weighted by atomic mass is 15.0. The van der Waals surface area contributed by atoms with Crippen molar-refractivity contribution < 1.29 is 0 Å². The fourth-order valence-corrected chi connectivity index (χ4v) is 3.32. The third kappa shape index (κ3) is 0.795. The molecule has 1 heterocycles. The maximum atomic E-state index is 3.69. The average Bonchev–Trinajstić information content (AvgIpc) is 2.54. The normalized spacial score (nSPS) is 39.6. The molecule has 14 heavy (non-hydrogen) atoms. The predicted octanol–water partition coefficient (Wildman–Crippen LogP) is 2.46. The van der Waals surface area contributed by atoms with E-state index >= 15 is 0 Å². The molecule has 3 rings (SSSR count). The number of benzene rings is 1. The van der Waals surface area contributed by atoms with Gasteiger partial charge in [-0.15, -0.1) is 0 Å². The van der Waals surface area contributed by atoms with Crippen molar-refractivity contribution in [1.29, 1.82) is 0 Å². The van der Waals surface area contributed by atoms with E-state index in [1.165, 1.54) is 24.9 Å². The van der Waals surface area contributed by atoms with Crippen molar-refractivity contribution in [2.75, 3.05) is 6.54 Å². The van der Waals surface area contributed by atoms with E-state index in [1.54, 1.807) is 5.56 Å². The average molecular weight is 187 g/mol. The Morgan fingerprint density at radius 1 is 1.21 bits per heavy atom. The molecule has 0 bridgehead atoms. The van der Waals surface area contributed by atoms with Gasteiger partial charge >= 0.3 is 0 Å². The first-order valence-electron chi connectivity index (χ1n) is 5.49. The molecule has 1 aromatic carbocycles. The Morgan fingerprint density at radius 3 is 2.86 bits per heavy atom. The van der Waals surface area contributed by atoms with Crippen LogP contribution in [0.1, 0.15) is 31.4 Å². The van der Waals surface area contributed by atoms with Gasteiger partial charge in [0.05, 0.1) is 0 Å². The Morgan fingerprint density at radius 2 is 2.00 bits per heavy atom. The first kappa shape index (κ1) is 8.49. The maximum absolute atomic E-state index is 3.69. The molecule has 0 unspecified atom stereocenters. The van der Waals surface area contributed by atoms with Gasteiger partial charge in [0.15, 0.2) is 0 Å². The summed E-state index contributed by atoms with van der Waals surface area (Å²) >= 11 is 0. The Bertz CT molecular complexity index is 385. The van der Waals surface area contributed by atoms with Crippen LogP contribution in [0.25, 0.3) is 0 Å². The molecular formula is C13H17N. The van der Waals surface area contributed by atoms with Gasteiger partial charge in [-0.25, -0.2) is 0 Å². The van der Waals surface area contributed by atoms with E-state index in [9.17, 15) is 0 Å². The molecule has 0 saturated carbocycles. The number of fused-ring (bicyclic) bond motifs is 3. The molecule has 74 valence electrons. The van der Waals surface area contributed by atoms with Crippen LogP contribution in [0.3, 0.4) is 0 Å². The molecule has 1 aliphatic heterocycles. The first-order chi connectivity index (χ1) is 6.66. The van der Waals surface area contributed by atoms with Crippen molar-refractivity contribution in [2.24, 2.45) is 5.41 Å². The lowest BCUT2D eigenvalue weighted by Gasteiger charge is -2.35. The van der Waals surface area contributed by atoms with Gasteiger partial charge in [-0.2, -0.15) is 0 Å². The van der Waals surface area contributed by atoms with Crippen LogP contribution in [0.4, 0.5) is 0 Å². The first-order valence-corrected chi connectivity index (χ1v) is 5.49. The minimum Gasteiger partial charge on any atom is -0.307 e. The summed E-state index contributed by atoms with van der Waals surface area (Å²) in [6.45, 7) is 5.96. The maximum Gasteiger partial charge on any atom is 0.0466 e. The number of nitrogens with one attached hydrogen (secondary N) is 1. The van der Waals surface area contributed by atoms with Gasteiger partial charge in [-0.05, 0) is 42.9 Å². The fourth-order valence-electron chi connectivity index (χ4n) is 3.32. The lowest BCUT2D eigenvalue weighted by atomic mass is 9.74. The van der Waals surface area contributed by atoms with Gasteiger partial charge in [0.2, 0.25) is 0 Å². The monoisotopic (exact) mass is 187 g/mol. The second-order valence-corrected chi connectivity index (χ2v) is 5.20. The van der Waals surface area contributed by atoms with Crippen LogP contribution in [-0.4, -0.2) is 6.54 Å². The molecule has 1 saturated heterocycles. The molecule has 1 aliphatic carbocycles. The second kappa shape index (κ2) is 2.40. The van der Waals surface area contributed by atoms with Crippen molar-refractivity contribution in [3.8, 4) is 0 Å². The van der Waals surface area contributed by atoms with Crippen molar-refractivity contribution in [1.82, 2.24) is 5.32 Å². The molecular weight excluding hydrogens is 170 g/mol. The summed E-state index contributed by atoms with van der Waals surface area (Å²) in [4.78, 5) is 0. The molecule has 1 aromatic rings. The van der Waals surface area contributed by atoms with E-state index in [1.807, 2.05) is 0 Å². The summed E-state index contributed by atoms with van der Waals surface area (Å²) in [6.07, 6.45) is 2.55. The molecule has 1 heteroatoms. The summed E-state index contributed by atoms with van der Waals surface area (Å²) in [5.74, 6) is 0. The minimum atomic E-state index is 0.226. The Hall–Kier alpha value is -0.820. The number of hydrogen-bond donors (Lipinski definition) is 1. The van der Waals surface area contributed by atoms with E-state index in [-0.39, 0.29) is 5.54 Å². The van der Waals surface area contributed by atoms with Crippen molar-refractivity contribution >= 4 is 0 Å². The third-order valence-corrected chi connectivity index (χ3v) is 4.50. The van der Waals surface area contributed by atoms with Crippen molar-refractivity contribution in [3.05, 3.63) is 35.4 Å². The Labute approximate surface area is 85.5 Å². The molecule has 0 amide bonds. The predicted molar refractivity (Wildman–Crippen MR) is 58.2 cm³/mol. The lowest BCUT2D eigenvalue weighted by molar-refractivity contribution is 0.205. The number of hydrogen-bond acceptors (Lipinski definition) is 1. The van der Waals surface area contributed by atoms with E-state index in [2.05, 4.69) is 43.4 Å². The van der Waals surface area contributed by atoms with Crippen LogP contribution < -0.4 is 5.32 Å². The van der Waals surface area contributed by atoms with Crippen LogP contribution in [0.2, 0.25) is 0 Å². The van der Waals surface area contributed by atoms with Gasteiger partial charge in [0, 0.05) is 5.54 Å². The van der Waals surface area contributed by atoms with E-state index in [4.69, 9.17) is 0 Å². The largest absolute Gasteiger partial charge is 0.307 e. The minimum absolute atomic E-state index is 0.226. The topological polar surface area (TPSA) is 12.0 Å². The van der Waals surface area contributed by atoms with Gasteiger partial charge in [0.1, 0.15) is 0 Å². The van der Waals surface area contributed by atoms with Crippen molar-refractivity contribution in [3.63, 3.8) is 0 Å². The quantitative estimate of drug-likeness (QED) is 0.658. The standard InChI is InChI=1S/C13H17N/c1-12-7-8-14-13(12,2)11-6-4-3-5-10(11)9-12/h3-6,14H,7-9H2,1-2H3/t12-,13+/m1/s1. The molecule has 0 spiro atoms. The summed E-state index contributed by atoms with van der Waals surface area (Å²) in [7, 11) is 0. The summed E-state index contributed by atoms with van der Waals surface area (Å²) in [5.41, 5.74) is 3.74. The van der Waals surface area contributed by atoms with E-state index in [0.717, 1.165) is 0 Å². The van der Waals surface area contributed by atoms with Crippen LogP contribution in [0.15, 0.2) is 24.3 Å². The third-order valence-electron chi connectivity index (χ3n) is 4.50. The zero-order chi connectivity index (χ0) is 9.81. The molecule has 1 N–H and O–H groups in total. The lowest BCUT2D eigenvalue weighted by Crippen LogP contribution is -2.41. The summed E-state index contributed by atoms with van der Waals surface area (Å²) in [5, 5.41) is 3.69. The zero-order valence-electron chi connectivity index (χ0n) is 8.93. The molecule has 2 atom stereocenters. The molecule has 1 nitrogen and oxygen atoms in total.